The monoisotopic (exact) mass is 1510 g/mol. The van der Waals surface area contributed by atoms with E-state index in [1.54, 1.807) is 0 Å². The first-order chi connectivity index (χ1) is 51.2. The minimum absolute atomic E-state index is 0.104. The van der Waals surface area contributed by atoms with Gasteiger partial charge in [-0.05, 0) is 116 Å². The van der Waals surface area contributed by atoms with Gasteiger partial charge in [0.25, 0.3) is 0 Å². The average molecular weight is 1510 g/mol. The van der Waals surface area contributed by atoms with Gasteiger partial charge in [-0.1, -0.05) is 341 Å². The second-order valence-corrected chi connectivity index (χ2v) is 30.4. The largest absolute Gasteiger partial charge is 0.472 e. The minimum Gasteiger partial charge on any atom is -0.463 e. The molecule has 0 rings (SSSR count). The average Bonchev–Trinajstić information content (AvgIpc) is 0.913. The summed E-state index contributed by atoms with van der Waals surface area (Å²) in [6, 6.07) is 0. The standard InChI is InChI=1S/C87H150O16P2/c1-4-7-10-13-16-19-22-25-27-29-31-33-35-37-39-40-42-44-45-47-49-51-53-56-58-61-64-67-70-73-85(90)97-76-82(88)77-99-104(93,94)100-78-83(89)79-101-105(95,96)102-81-84(103-87(92)75-72-69-66-63-60-55-24-21-18-15-12-9-6-3)80-98-86(91)74-71-68-65-62-59-57-54-52-50-48-46-43-41-38-36-34-32-30-28-26-23-20-17-14-11-8-5-2/h7-8,10-11,16-17,19-20,25-28,31-34,37-39,41,46,48,82-84,88-89H,4-6,9,12-15,18,21-24,29-30,35-36,40,42-45,47,49-81H2,1-3H3,(H,93,94)(H,95,96)/b10-7-,11-8-,19-16-,20-17-,27-25-,28-26-,33-31-,34-32-,39-37-,41-38-,48-46-. The van der Waals surface area contributed by atoms with Crippen molar-refractivity contribution < 1.29 is 75.8 Å². The molecule has 0 saturated carbocycles. The number of unbranched alkanes of at least 4 members (excludes halogenated alkanes) is 33. The van der Waals surface area contributed by atoms with E-state index in [0.29, 0.717) is 19.3 Å². The third-order valence-corrected chi connectivity index (χ3v) is 19.3. The van der Waals surface area contributed by atoms with Gasteiger partial charge in [-0.25, -0.2) is 9.13 Å². The first kappa shape index (κ1) is 101. The smallest absolute Gasteiger partial charge is 0.463 e. The minimum atomic E-state index is -4.93. The Balaban J connectivity index is 4.50. The molecule has 604 valence electrons. The molecule has 16 nitrogen and oxygen atoms in total. The van der Waals surface area contributed by atoms with E-state index in [9.17, 15) is 43.5 Å². The maximum Gasteiger partial charge on any atom is 0.472 e. The van der Waals surface area contributed by atoms with Crippen molar-refractivity contribution in [3.8, 4) is 0 Å². The molecule has 5 unspecified atom stereocenters. The SMILES string of the molecule is CC/C=C\C/C=C\C/C=C\C/C=C\C/C=C\C/C=C\CCCCCCCCCCC(=O)OCC(COP(=O)(O)OCC(O)COP(=O)(O)OCC(O)COC(=O)CCCCCCCCCCCCCCC/C=C\C/C=C\C/C=C\C/C=C\C/C=C\CC)OC(=O)CCCCCCCCCCCCCCC. The van der Waals surface area contributed by atoms with E-state index in [1.807, 2.05) is 0 Å². The van der Waals surface area contributed by atoms with Gasteiger partial charge in [-0.3, -0.25) is 32.5 Å². The highest BCUT2D eigenvalue weighted by Gasteiger charge is 2.29. The van der Waals surface area contributed by atoms with Crippen molar-refractivity contribution >= 4 is 33.6 Å². The zero-order chi connectivity index (χ0) is 76.6. The number of aliphatic hydroxyl groups is 2. The predicted molar refractivity (Wildman–Crippen MR) is 436 cm³/mol. The molecule has 0 fully saturated rings. The van der Waals surface area contributed by atoms with E-state index >= 15 is 0 Å². The van der Waals surface area contributed by atoms with E-state index in [2.05, 4.69) is 154 Å². The zero-order valence-corrected chi connectivity index (χ0v) is 67.9. The van der Waals surface area contributed by atoms with Gasteiger partial charge in [0, 0.05) is 19.3 Å². The van der Waals surface area contributed by atoms with E-state index in [0.717, 1.165) is 154 Å². The number of allylic oxidation sites excluding steroid dienone is 22. The Morgan fingerprint density at radius 2 is 0.505 bits per heavy atom. The number of esters is 3. The van der Waals surface area contributed by atoms with E-state index in [4.69, 9.17) is 32.3 Å². The van der Waals surface area contributed by atoms with Gasteiger partial charge in [0.1, 0.15) is 25.4 Å². The molecule has 0 aromatic rings. The Hall–Kier alpha value is -4.31. The fourth-order valence-electron chi connectivity index (χ4n) is 11.1. The number of hydrogen-bond donors (Lipinski definition) is 4. The summed E-state index contributed by atoms with van der Waals surface area (Å²) in [4.78, 5) is 58.7. The van der Waals surface area contributed by atoms with Crippen LogP contribution in [-0.4, -0.2) is 95.9 Å². The van der Waals surface area contributed by atoms with Gasteiger partial charge >= 0.3 is 33.6 Å². The Bertz CT molecular complexity index is 2440. The Morgan fingerprint density at radius 1 is 0.276 bits per heavy atom. The van der Waals surface area contributed by atoms with Crippen LogP contribution < -0.4 is 0 Å². The molecule has 18 heteroatoms. The summed E-state index contributed by atoms with van der Waals surface area (Å²) in [5.74, 6) is -1.58. The van der Waals surface area contributed by atoms with Crippen LogP contribution in [0.5, 0.6) is 0 Å². The van der Waals surface area contributed by atoms with Crippen molar-refractivity contribution in [3.05, 3.63) is 134 Å². The molecule has 0 aliphatic heterocycles. The van der Waals surface area contributed by atoms with Crippen LogP contribution >= 0.6 is 15.6 Å². The van der Waals surface area contributed by atoms with E-state index in [-0.39, 0.29) is 19.3 Å². The molecule has 105 heavy (non-hydrogen) atoms. The second-order valence-electron chi connectivity index (χ2n) is 27.5. The summed E-state index contributed by atoms with van der Waals surface area (Å²) < 4.78 is 61.2. The molecule has 4 N–H and O–H groups in total. The summed E-state index contributed by atoms with van der Waals surface area (Å²) in [6.07, 6.45) is 96.4. The maximum atomic E-state index is 13.0. The van der Waals surface area contributed by atoms with Crippen molar-refractivity contribution in [1.82, 2.24) is 0 Å². The number of hydrogen-bond acceptors (Lipinski definition) is 14. The predicted octanol–water partition coefficient (Wildman–Crippen LogP) is 24.7. The number of phosphoric ester groups is 2. The highest BCUT2D eigenvalue weighted by molar-refractivity contribution is 7.47. The lowest BCUT2D eigenvalue weighted by molar-refractivity contribution is -0.161. The summed E-state index contributed by atoms with van der Waals surface area (Å²) in [5, 5.41) is 20.7. The molecule has 0 radical (unpaired) electrons. The fourth-order valence-corrected chi connectivity index (χ4v) is 12.7. The lowest BCUT2D eigenvalue weighted by Gasteiger charge is -2.21. The summed E-state index contributed by atoms with van der Waals surface area (Å²) >= 11 is 0. The third-order valence-electron chi connectivity index (χ3n) is 17.4. The molecule has 0 heterocycles. The molecule has 0 aromatic heterocycles. The lowest BCUT2D eigenvalue weighted by Crippen LogP contribution is -2.30. The Kier molecular flexibility index (Phi) is 76.0. The topological polar surface area (TPSA) is 231 Å². The number of phosphoric acid groups is 2. The molecule has 0 spiro atoms. The second kappa shape index (κ2) is 79.2. The Morgan fingerprint density at radius 3 is 0.800 bits per heavy atom. The fraction of sp³-hybridized carbons (Fsp3) is 0.713. The van der Waals surface area contributed by atoms with Crippen LogP contribution in [-0.2, 0) is 55.8 Å². The number of ether oxygens (including phenoxy) is 3. The van der Waals surface area contributed by atoms with Crippen molar-refractivity contribution in [2.24, 2.45) is 0 Å². The molecule has 0 aliphatic carbocycles. The summed E-state index contributed by atoms with van der Waals surface area (Å²) in [7, 11) is -9.79. The van der Waals surface area contributed by atoms with Crippen molar-refractivity contribution in [2.75, 3.05) is 39.6 Å². The first-order valence-corrected chi connectivity index (χ1v) is 44.5. The molecule has 0 bridgehead atoms. The normalized spacial score (nSPS) is 14.6. The van der Waals surface area contributed by atoms with Crippen LogP contribution in [0.25, 0.3) is 0 Å². The highest BCUT2D eigenvalue weighted by atomic mass is 31.2. The van der Waals surface area contributed by atoms with E-state index < -0.39 is 91.5 Å². The molecule has 0 aliphatic rings. The van der Waals surface area contributed by atoms with Crippen LogP contribution in [0.15, 0.2) is 134 Å². The molecule has 0 amide bonds. The first-order valence-electron chi connectivity index (χ1n) is 41.5. The van der Waals surface area contributed by atoms with E-state index in [1.165, 1.54) is 128 Å². The number of rotatable bonds is 78. The van der Waals surface area contributed by atoms with Gasteiger partial charge in [0.2, 0.25) is 0 Å². The third kappa shape index (κ3) is 80.5. The summed E-state index contributed by atoms with van der Waals surface area (Å²) in [6.45, 7) is 2.47. The molecule has 0 aromatic carbocycles. The maximum absolute atomic E-state index is 13.0. The van der Waals surface area contributed by atoms with Crippen molar-refractivity contribution in [3.63, 3.8) is 0 Å². The van der Waals surface area contributed by atoms with Crippen LogP contribution in [0.3, 0.4) is 0 Å². The van der Waals surface area contributed by atoms with Gasteiger partial charge in [-0.15, -0.1) is 0 Å². The zero-order valence-electron chi connectivity index (χ0n) is 66.1. The quantitative estimate of drug-likeness (QED) is 0.0146. The Labute approximate surface area is 639 Å². The van der Waals surface area contributed by atoms with Crippen LogP contribution in [0, 0.1) is 0 Å². The van der Waals surface area contributed by atoms with Gasteiger partial charge < -0.3 is 34.2 Å². The van der Waals surface area contributed by atoms with Crippen molar-refractivity contribution in [1.29, 1.82) is 0 Å². The van der Waals surface area contributed by atoms with Gasteiger partial charge in [-0.2, -0.15) is 0 Å². The van der Waals surface area contributed by atoms with Gasteiger partial charge in [0.05, 0.1) is 26.4 Å². The molecular weight excluding hydrogens is 1360 g/mol. The molecule has 5 atom stereocenters. The molecular formula is C87H150O16P2. The van der Waals surface area contributed by atoms with Crippen LogP contribution in [0.4, 0.5) is 0 Å². The number of carbonyl (C=O) groups is 3. The number of carbonyl (C=O) groups excluding carboxylic acids is 3. The molecule has 0 saturated heterocycles. The van der Waals surface area contributed by atoms with Crippen LogP contribution in [0.1, 0.15) is 342 Å². The summed E-state index contributed by atoms with van der Waals surface area (Å²) in [5.41, 5.74) is 0. The van der Waals surface area contributed by atoms with Gasteiger partial charge in [0.15, 0.2) is 6.10 Å². The van der Waals surface area contributed by atoms with Crippen molar-refractivity contribution in [2.45, 2.75) is 360 Å². The lowest BCUT2D eigenvalue weighted by atomic mass is 10.0. The van der Waals surface area contributed by atoms with Crippen LogP contribution in [0.2, 0.25) is 0 Å². The number of aliphatic hydroxyl groups excluding tert-OH is 2. The highest BCUT2D eigenvalue weighted by Crippen LogP contribution is 2.45.